The van der Waals surface area contributed by atoms with E-state index in [1.54, 1.807) is 11.8 Å². The molecule has 1 unspecified atom stereocenters. The molecule has 0 aromatic heterocycles. The Balaban J connectivity index is 2.48. The molecule has 1 atom stereocenters. The van der Waals surface area contributed by atoms with E-state index in [0.29, 0.717) is 26.1 Å². The number of carboxylic acid groups (broad SMARTS) is 1. The predicted molar refractivity (Wildman–Crippen MR) is 74.9 cm³/mol. The number of nitrogens with one attached hydrogen (secondary N) is 2. The number of likely N-dealkylation sites (tertiary alicyclic amines) is 1. The first-order chi connectivity index (χ1) is 9.90. The second-order valence-corrected chi connectivity index (χ2v) is 5.25. The third kappa shape index (κ3) is 4.98. The Morgan fingerprint density at radius 3 is 2.67 bits per heavy atom. The van der Waals surface area contributed by atoms with Gasteiger partial charge in [-0.1, -0.05) is 0 Å². The molecule has 21 heavy (non-hydrogen) atoms. The summed E-state index contributed by atoms with van der Waals surface area (Å²) in [7, 11) is 1.51. The Bertz CT molecular complexity index is 401. The van der Waals surface area contributed by atoms with E-state index in [2.05, 4.69) is 10.6 Å². The minimum atomic E-state index is -1.05. The van der Waals surface area contributed by atoms with Crippen LogP contribution in [0.5, 0.6) is 0 Å². The SMILES string of the molecule is COCCNC(=O)NC(=O)CN1CCCCC1(C)C(=O)O. The summed E-state index contributed by atoms with van der Waals surface area (Å²) in [6.07, 6.45) is 2.16. The number of rotatable bonds is 6. The average molecular weight is 301 g/mol. The quantitative estimate of drug-likeness (QED) is 0.586. The van der Waals surface area contributed by atoms with E-state index in [0.717, 1.165) is 12.8 Å². The Hall–Kier alpha value is -1.67. The van der Waals surface area contributed by atoms with E-state index < -0.39 is 23.4 Å². The van der Waals surface area contributed by atoms with E-state index in [4.69, 9.17) is 4.74 Å². The molecule has 1 heterocycles. The molecule has 0 bridgehead atoms. The second-order valence-electron chi connectivity index (χ2n) is 5.25. The summed E-state index contributed by atoms with van der Waals surface area (Å²) >= 11 is 0. The van der Waals surface area contributed by atoms with Crippen molar-refractivity contribution in [3.05, 3.63) is 0 Å². The Morgan fingerprint density at radius 1 is 1.33 bits per heavy atom. The molecule has 0 spiro atoms. The van der Waals surface area contributed by atoms with Crippen LogP contribution in [-0.2, 0) is 14.3 Å². The van der Waals surface area contributed by atoms with E-state index in [1.807, 2.05) is 0 Å². The fourth-order valence-corrected chi connectivity index (χ4v) is 2.32. The van der Waals surface area contributed by atoms with Gasteiger partial charge in [-0.2, -0.15) is 0 Å². The van der Waals surface area contributed by atoms with Gasteiger partial charge in [-0.3, -0.25) is 19.8 Å². The van der Waals surface area contributed by atoms with Gasteiger partial charge in [-0.15, -0.1) is 0 Å². The Morgan fingerprint density at radius 2 is 2.05 bits per heavy atom. The van der Waals surface area contributed by atoms with Crippen molar-refractivity contribution >= 4 is 17.9 Å². The lowest BCUT2D eigenvalue weighted by Gasteiger charge is -2.41. The maximum atomic E-state index is 11.8. The van der Waals surface area contributed by atoms with Crippen LogP contribution in [0, 0.1) is 0 Å². The third-order valence-electron chi connectivity index (χ3n) is 3.68. The molecule has 8 nitrogen and oxygen atoms in total. The van der Waals surface area contributed by atoms with Crippen LogP contribution in [0.3, 0.4) is 0 Å². The number of imide groups is 1. The van der Waals surface area contributed by atoms with Crippen LogP contribution < -0.4 is 10.6 Å². The number of urea groups is 1. The van der Waals surface area contributed by atoms with E-state index in [9.17, 15) is 19.5 Å². The molecule has 1 rings (SSSR count). The van der Waals surface area contributed by atoms with Crippen LogP contribution in [0.1, 0.15) is 26.2 Å². The van der Waals surface area contributed by atoms with Gasteiger partial charge in [0.25, 0.3) is 0 Å². The normalized spacial score (nSPS) is 22.6. The molecule has 120 valence electrons. The number of carboxylic acids is 1. The molecule has 1 aliphatic heterocycles. The molecule has 1 aliphatic rings. The third-order valence-corrected chi connectivity index (χ3v) is 3.68. The van der Waals surface area contributed by atoms with E-state index in [-0.39, 0.29) is 6.54 Å². The van der Waals surface area contributed by atoms with Crippen LogP contribution in [-0.4, -0.2) is 66.8 Å². The van der Waals surface area contributed by atoms with Crippen LogP contribution >= 0.6 is 0 Å². The zero-order valence-corrected chi connectivity index (χ0v) is 12.5. The Kier molecular flexibility index (Phi) is 6.57. The van der Waals surface area contributed by atoms with E-state index in [1.165, 1.54) is 7.11 Å². The number of nitrogens with zero attached hydrogens (tertiary/aromatic N) is 1. The standard InChI is InChI=1S/C13H23N3O5/c1-13(11(18)19)5-3-4-7-16(13)9-10(17)15-12(20)14-6-8-21-2/h3-9H2,1-2H3,(H,18,19)(H2,14,15,17,20). The molecule has 1 fully saturated rings. The summed E-state index contributed by atoms with van der Waals surface area (Å²) in [5.74, 6) is -1.46. The van der Waals surface area contributed by atoms with E-state index >= 15 is 0 Å². The number of carbonyl (C=O) groups is 3. The lowest BCUT2D eigenvalue weighted by Crippen LogP contribution is -2.58. The first-order valence-electron chi connectivity index (χ1n) is 6.95. The highest BCUT2D eigenvalue weighted by Crippen LogP contribution is 2.27. The number of methoxy groups -OCH3 is 1. The maximum Gasteiger partial charge on any atom is 0.323 e. The van der Waals surface area contributed by atoms with Gasteiger partial charge in [-0.05, 0) is 32.7 Å². The number of aliphatic carboxylic acids is 1. The fourth-order valence-electron chi connectivity index (χ4n) is 2.32. The fraction of sp³-hybridized carbons (Fsp3) is 0.769. The molecule has 1 saturated heterocycles. The zero-order chi connectivity index (χ0) is 15.9. The number of hydrogen-bond donors (Lipinski definition) is 3. The van der Waals surface area contributed by atoms with Crippen molar-refractivity contribution < 1.29 is 24.2 Å². The highest BCUT2D eigenvalue weighted by molar-refractivity contribution is 5.95. The summed E-state index contributed by atoms with van der Waals surface area (Å²) in [5.41, 5.74) is -1.05. The lowest BCUT2D eigenvalue weighted by atomic mass is 9.88. The van der Waals surface area contributed by atoms with Crippen molar-refractivity contribution in [1.29, 1.82) is 0 Å². The van der Waals surface area contributed by atoms with Crippen molar-refractivity contribution in [3.63, 3.8) is 0 Å². The topological polar surface area (TPSA) is 108 Å². The van der Waals surface area contributed by atoms with Crippen molar-refractivity contribution in [1.82, 2.24) is 15.5 Å². The molecule has 0 radical (unpaired) electrons. The van der Waals surface area contributed by atoms with Gasteiger partial charge < -0.3 is 15.2 Å². The van der Waals surface area contributed by atoms with Gasteiger partial charge in [0.15, 0.2) is 0 Å². The highest BCUT2D eigenvalue weighted by Gasteiger charge is 2.42. The number of piperidine rings is 1. The lowest BCUT2D eigenvalue weighted by molar-refractivity contribution is -0.153. The first kappa shape index (κ1) is 17.4. The first-order valence-corrected chi connectivity index (χ1v) is 6.95. The number of amides is 3. The van der Waals surface area contributed by atoms with Gasteiger partial charge in [0.05, 0.1) is 13.2 Å². The number of carbonyl (C=O) groups excluding carboxylic acids is 2. The van der Waals surface area contributed by atoms with Gasteiger partial charge >= 0.3 is 12.0 Å². The number of hydrogen-bond acceptors (Lipinski definition) is 5. The summed E-state index contributed by atoms with van der Waals surface area (Å²) in [6, 6.07) is -0.605. The van der Waals surface area contributed by atoms with Crippen LogP contribution in [0.25, 0.3) is 0 Å². The zero-order valence-electron chi connectivity index (χ0n) is 12.5. The van der Waals surface area contributed by atoms with Crippen molar-refractivity contribution in [2.24, 2.45) is 0 Å². The molecule has 8 heteroatoms. The van der Waals surface area contributed by atoms with Crippen molar-refractivity contribution in [3.8, 4) is 0 Å². The Labute approximate surface area is 123 Å². The maximum absolute atomic E-state index is 11.8. The van der Waals surface area contributed by atoms with Gasteiger partial charge in [0.2, 0.25) is 5.91 Å². The summed E-state index contributed by atoms with van der Waals surface area (Å²) in [4.78, 5) is 36.3. The largest absolute Gasteiger partial charge is 0.480 e. The summed E-state index contributed by atoms with van der Waals surface area (Å²) < 4.78 is 4.77. The predicted octanol–water partition coefficient (Wildman–Crippen LogP) is -0.212. The second kappa shape index (κ2) is 7.94. The molecule has 0 aliphatic carbocycles. The smallest absolute Gasteiger partial charge is 0.323 e. The highest BCUT2D eigenvalue weighted by atomic mass is 16.5. The molecule has 0 aromatic rings. The minimum Gasteiger partial charge on any atom is -0.480 e. The molecule has 3 N–H and O–H groups in total. The van der Waals surface area contributed by atoms with Crippen LogP contribution in [0.15, 0.2) is 0 Å². The summed E-state index contributed by atoms with van der Waals surface area (Å²) in [6.45, 7) is 2.68. The number of ether oxygens (including phenoxy) is 1. The molecule has 3 amide bonds. The molecular formula is C13H23N3O5. The van der Waals surface area contributed by atoms with Crippen molar-refractivity contribution in [2.45, 2.75) is 31.7 Å². The minimum absolute atomic E-state index is 0.111. The van der Waals surface area contributed by atoms with Crippen LogP contribution in [0.4, 0.5) is 4.79 Å². The summed E-state index contributed by atoms with van der Waals surface area (Å²) in [5, 5.41) is 14.0. The van der Waals surface area contributed by atoms with Crippen molar-refractivity contribution in [2.75, 3.05) is 33.4 Å². The van der Waals surface area contributed by atoms with Gasteiger partial charge in [0.1, 0.15) is 5.54 Å². The monoisotopic (exact) mass is 301 g/mol. The average Bonchev–Trinajstić information content (AvgIpc) is 2.41. The molecule has 0 saturated carbocycles. The van der Waals surface area contributed by atoms with Gasteiger partial charge in [0, 0.05) is 13.7 Å². The molecular weight excluding hydrogens is 278 g/mol. The van der Waals surface area contributed by atoms with Gasteiger partial charge in [-0.25, -0.2) is 4.79 Å². The van der Waals surface area contributed by atoms with Crippen LogP contribution in [0.2, 0.25) is 0 Å². The molecule has 0 aromatic carbocycles.